The number of carboxylic acids is 1. The van der Waals surface area contributed by atoms with Crippen molar-refractivity contribution in [2.45, 2.75) is 12.5 Å². The number of para-hydroxylation sites is 1. The van der Waals surface area contributed by atoms with E-state index in [0.29, 0.717) is 23.3 Å². The summed E-state index contributed by atoms with van der Waals surface area (Å²) in [6.45, 7) is 0. The van der Waals surface area contributed by atoms with Gasteiger partial charge in [0, 0.05) is 29.6 Å². The highest BCUT2D eigenvalue weighted by Crippen LogP contribution is 2.16. The third-order valence-electron chi connectivity index (χ3n) is 3.91. The van der Waals surface area contributed by atoms with Crippen LogP contribution >= 0.6 is 0 Å². The molecule has 5 nitrogen and oxygen atoms in total. The Morgan fingerprint density at radius 2 is 1.70 bits per heavy atom. The molecular weight excluding hydrogens is 361 g/mol. The van der Waals surface area contributed by atoms with Crippen molar-refractivity contribution in [1.29, 1.82) is 0 Å². The first-order chi connectivity index (χ1) is 12.8. The fraction of sp³-hybridized carbons (Fsp3) is 0.105. The van der Waals surface area contributed by atoms with Crippen LogP contribution in [0.5, 0.6) is 0 Å². The molecule has 0 unspecified atom stereocenters. The van der Waals surface area contributed by atoms with E-state index in [-0.39, 0.29) is 6.42 Å². The first-order valence-corrected chi connectivity index (χ1v) is 7.88. The van der Waals surface area contributed by atoms with Crippen molar-refractivity contribution in [2.75, 3.05) is 0 Å². The summed E-state index contributed by atoms with van der Waals surface area (Å²) in [6, 6.07) is 9.75. The van der Waals surface area contributed by atoms with Gasteiger partial charge in [-0.2, -0.15) is 0 Å². The summed E-state index contributed by atoms with van der Waals surface area (Å²) >= 11 is 0. The van der Waals surface area contributed by atoms with Gasteiger partial charge in [0.25, 0.3) is 5.91 Å². The van der Waals surface area contributed by atoms with Crippen LogP contribution in [-0.4, -0.2) is 28.0 Å². The van der Waals surface area contributed by atoms with Crippen molar-refractivity contribution in [3.05, 3.63) is 77.2 Å². The molecule has 1 amide bonds. The molecule has 0 bridgehead atoms. The molecule has 138 valence electrons. The van der Waals surface area contributed by atoms with Crippen molar-refractivity contribution in [2.24, 2.45) is 0 Å². The normalized spacial score (nSPS) is 12.0. The van der Waals surface area contributed by atoms with Gasteiger partial charge in [-0.05, 0) is 12.1 Å². The summed E-state index contributed by atoms with van der Waals surface area (Å²) in [6.07, 6.45) is -0.198. The number of pyridine rings is 1. The number of aliphatic carboxylic acids is 1. The Labute approximate surface area is 151 Å². The van der Waals surface area contributed by atoms with Gasteiger partial charge < -0.3 is 10.4 Å². The molecule has 0 saturated heterocycles. The predicted molar refractivity (Wildman–Crippen MR) is 90.7 cm³/mol. The van der Waals surface area contributed by atoms with Crippen molar-refractivity contribution < 1.29 is 27.9 Å². The molecule has 0 spiro atoms. The third-order valence-corrected chi connectivity index (χ3v) is 3.91. The highest BCUT2D eigenvalue weighted by Gasteiger charge is 2.26. The number of rotatable bonds is 5. The van der Waals surface area contributed by atoms with Crippen LogP contribution in [0.1, 0.15) is 16.1 Å². The largest absolute Gasteiger partial charge is 0.480 e. The topological polar surface area (TPSA) is 79.3 Å². The van der Waals surface area contributed by atoms with Gasteiger partial charge in [-0.1, -0.05) is 24.3 Å². The Morgan fingerprint density at radius 1 is 1.04 bits per heavy atom. The lowest BCUT2D eigenvalue weighted by molar-refractivity contribution is -0.139. The lowest BCUT2D eigenvalue weighted by Gasteiger charge is -2.15. The molecular formula is C19H13F3N2O3. The van der Waals surface area contributed by atoms with E-state index in [2.05, 4.69) is 4.98 Å². The summed E-state index contributed by atoms with van der Waals surface area (Å²) in [5.41, 5.74) is -0.0309. The van der Waals surface area contributed by atoms with Gasteiger partial charge in [0.2, 0.25) is 0 Å². The molecule has 27 heavy (non-hydrogen) atoms. The van der Waals surface area contributed by atoms with E-state index in [1.165, 1.54) is 0 Å². The maximum atomic E-state index is 13.7. The molecule has 0 aliphatic heterocycles. The second kappa shape index (κ2) is 7.45. The maximum absolute atomic E-state index is 13.7. The highest BCUT2D eigenvalue weighted by atomic mass is 19.1. The van der Waals surface area contributed by atoms with E-state index in [1.54, 1.807) is 24.3 Å². The van der Waals surface area contributed by atoms with E-state index >= 15 is 0 Å². The fourth-order valence-electron chi connectivity index (χ4n) is 2.62. The number of benzene rings is 2. The van der Waals surface area contributed by atoms with Gasteiger partial charge in [0.05, 0.1) is 5.52 Å². The summed E-state index contributed by atoms with van der Waals surface area (Å²) in [4.78, 5) is 27.9. The van der Waals surface area contributed by atoms with Gasteiger partial charge in [-0.3, -0.25) is 9.78 Å². The molecule has 2 aromatic carbocycles. The molecule has 0 saturated carbocycles. The molecule has 8 heteroatoms. The minimum absolute atomic E-state index is 0.198. The first-order valence-electron chi connectivity index (χ1n) is 7.88. The van der Waals surface area contributed by atoms with Crippen molar-refractivity contribution in [3.8, 4) is 0 Å². The zero-order chi connectivity index (χ0) is 19.6. The standard InChI is InChI=1S/C19H13F3N2O3/c20-11-7-13(21)17(14(22)8-11)18(25)24-16(19(26)27)9-12-6-5-10-3-1-2-4-15(10)23-12/h1-8,16H,9H2,(H,24,25)(H,26,27)/t16-/m1/s1. The summed E-state index contributed by atoms with van der Waals surface area (Å²) in [7, 11) is 0. The average molecular weight is 374 g/mol. The number of nitrogens with one attached hydrogen (secondary N) is 1. The minimum atomic E-state index is -1.48. The predicted octanol–water partition coefficient (Wildman–Crippen LogP) is 3.08. The molecule has 0 fully saturated rings. The number of aromatic nitrogens is 1. The number of nitrogens with zero attached hydrogens (tertiary/aromatic N) is 1. The SMILES string of the molecule is O=C(N[C@H](Cc1ccc2ccccc2n1)C(=O)O)c1c(F)cc(F)cc1F. The van der Waals surface area contributed by atoms with E-state index in [4.69, 9.17) is 0 Å². The van der Waals surface area contributed by atoms with Gasteiger partial charge in [0.1, 0.15) is 29.1 Å². The van der Waals surface area contributed by atoms with Crippen LogP contribution in [0.25, 0.3) is 10.9 Å². The Kier molecular flexibility index (Phi) is 5.07. The van der Waals surface area contributed by atoms with Crippen LogP contribution in [0.15, 0.2) is 48.5 Å². The number of fused-ring (bicyclic) bond motifs is 1. The Bertz CT molecular complexity index is 1020. The van der Waals surface area contributed by atoms with Crippen molar-refractivity contribution in [1.82, 2.24) is 10.3 Å². The van der Waals surface area contributed by atoms with Crippen molar-refractivity contribution >= 4 is 22.8 Å². The first kappa shape index (κ1) is 18.4. The Hall–Kier alpha value is -3.42. The molecule has 0 aliphatic carbocycles. The smallest absolute Gasteiger partial charge is 0.326 e. The van der Waals surface area contributed by atoms with Crippen molar-refractivity contribution in [3.63, 3.8) is 0 Å². The minimum Gasteiger partial charge on any atom is -0.480 e. The maximum Gasteiger partial charge on any atom is 0.326 e. The zero-order valence-electron chi connectivity index (χ0n) is 13.7. The summed E-state index contributed by atoms with van der Waals surface area (Å²) in [5.74, 6) is -6.72. The van der Waals surface area contributed by atoms with E-state index in [0.717, 1.165) is 5.39 Å². The Balaban J connectivity index is 1.83. The van der Waals surface area contributed by atoms with E-state index < -0.39 is 40.9 Å². The van der Waals surface area contributed by atoms with Gasteiger partial charge in [-0.25, -0.2) is 18.0 Å². The molecule has 3 aromatic rings. The van der Waals surface area contributed by atoms with Crippen LogP contribution in [0, 0.1) is 17.5 Å². The molecule has 2 N–H and O–H groups in total. The third kappa shape index (κ3) is 4.05. The second-order valence-corrected chi connectivity index (χ2v) is 5.81. The fourth-order valence-corrected chi connectivity index (χ4v) is 2.62. The number of carbonyl (C=O) groups excluding carboxylic acids is 1. The molecule has 1 heterocycles. The van der Waals surface area contributed by atoms with Crippen LogP contribution in [0.3, 0.4) is 0 Å². The van der Waals surface area contributed by atoms with Gasteiger partial charge in [0.15, 0.2) is 0 Å². The molecule has 1 aromatic heterocycles. The summed E-state index contributed by atoms with van der Waals surface area (Å²) in [5, 5.41) is 12.2. The number of hydrogen-bond donors (Lipinski definition) is 2. The number of carbonyl (C=O) groups is 2. The Morgan fingerprint density at radius 3 is 2.37 bits per heavy atom. The number of halogens is 3. The van der Waals surface area contributed by atoms with Crippen LogP contribution in [0.4, 0.5) is 13.2 Å². The molecule has 3 rings (SSSR count). The van der Waals surface area contributed by atoms with E-state index in [1.807, 2.05) is 17.4 Å². The van der Waals surface area contributed by atoms with Gasteiger partial charge in [-0.15, -0.1) is 0 Å². The zero-order valence-corrected chi connectivity index (χ0v) is 13.7. The van der Waals surface area contributed by atoms with Crippen LogP contribution in [0.2, 0.25) is 0 Å². The second-order valence-electron chi connectivity index (χ2n) is 5.81. The van der Waals surface area contributed by atoms with E-state index in [9.17, 15) is 27.9 Å². The number of amides is 1. The molecule has 1 atom stereocenters. The lowest BCUT2D eigenvalue weighted by atomic mass is 10.1. The molecule has 0 radical (unpaired) electrons. The quantitative estimate of drug-likeness (QED) is 0.719. The highest BCUT2D eigenvalue weighted by molar-refractivity contribution is 5.97. The monoisotopic (exact) mass is 374 g/mol. The van der Waals surface area contributed by atoms with Crippen LogP contribution < -0.4 is 5.32 Å². The average Bonchev–Trinajstić information content (AvgIpc) is 2.60. The summed E-state index contributed by atoms with van der Waals surface area (Å²) < 4.78 is 40.4. The van der Waals surface area contributed by atoms with Gasteiger partial charge >= 0.3 is 5.97 Å². The van der Waals surface area contributed by atoms with Crippen LogP contribution in [-0.2, 0) is 11.2 Å². The lowest BCUT2D eigenvalue weighted by Crippen LogP contribution is -2.43. The number of carboxylic acid groups (broad SMARTS) is 1. The number of hydrogen-bond acceptors (Lipinski definition) is 3. The molecule has 0 aliphatic rings.